The lowest BCUT2D eigenvalue weighted by Crippen LogP contribution is -2.26. The predicted molar refractivity (Wildman–Crippen MR) is 71.8 cm³/mol. The van der Waals surface area contributed by atoms with Crippen LogP contribution in [-0.4, -0.2) is 35.2 Å². The van der Waals surface area contributed by atoms with Gasteiger partial charge in [0.05, 0.1) is 7.11 Å². The molecule has 0 fully saturated rings. The molecule has 0 aliphatic carbocycles. The summed E-state index contributed by atoms with van der Waals surface area (Å²) in [5.41, 5.74) is 6.79. The lowest BCUT2D eigenvalue weighted by atomic mass is 10.2. The van der Waals surface area contributed by atoms with Gasteiger partial charge in [-0.3, -0.25) is 9.89 Å². The third-order valence-corrected chi connectivity index (χ3v) is 2.77. The molecule has 1 aromatic carbocycles. The number of nitrogens with two attached hydrogens (primary N) is 1. The summed E-state index contributed by atoms with van der Waals surface area (Å²) in [6.07, 6.45) is 0. The average molecular weight is 260 g/mol. The Kier molecular flexibility index (Phi) is 3.70. The third-order valence-electron chi connectivity index (χ3n) is 2.77. The Morgan fingerprint density at radius 2 is 2.21 bits per heavy atom. The molecule has 6 nitrogen and oxygen atoms in total. The molecule has 0 aliphatic heterocycles. The van der Waals surface area contributed by atoms with Gasteiger partial charge in [0.15, 0.2) is 0 Å². The van der Waals surface area contributed by atoms with Crippen LogP contribution in [0.1, 0.15) is 16.1 Å². The number of amides is 1. The fourth-order valence-corrected chi connectivity index (χ4v) is 1.81. The van der Waals surface area contributed by atoms with Crippen molar-refractivity contribution < 1.29 is 9.53 Å². The van der Waals surface area contributed by atoms with Gasteiger partial charge in [-0.05, 0) is 6.07 Å². The Balaban J connectivity index is 2.12. The molecule has 0 spiro atoms. The Morgan fingerprint density at radius 3 is 2.84 bits per heavy atom. The van der Waals surface area contributed by atoms with E-state index in [2.05, 4.69) is 10.2 Å². The molecule has 0 atom stereocenters. The molecule has 0 bridgehead atoms. The maximum atomic E-state index is 12.1. The molecule has 3 N–H and O–H groups in total. The number of aromatic nitrogens is 2. The topological polar surface area (TPSA) is 84.2 Å². The van der Waals surface area contributed by atoms with Crippen LogP contribution in [-0.2, 0) is 6.54 Å². The maximum absolute atomic E-state index is 12.1. The molecule has 6 heteroatoms. The van der Waals surface area contributed by atoms with Crippen molar-refractivity contribution >= 4 is 11.7 Å². The number of hydrogen-bond donors (Lipinski definition) is 2. The summed E-state index contributed by atoms with van der Waals surface area (Å²) in [6.45, 7) is 0.446. The van der Waals surface area contributed by atoms with Crippen LogP contribution in [0.25, 0.3) is 0 Å². The molecule has 0 aliphatic rings. The van der Waals surface area contributed by atoms with E-state index in [1.54, 1.807) is 19.1 Å². The van der Waals surface area contributed by atoms with Crippen LogP contribution in [0.15, 0.2) is 30.3 Å². The lowest BCUT2D eigenvalue weighted by molar-refractivity contribution is 0.0778. The minimum atomic E-state index is -0.171. The number of rotatable bonds is 4. The first kappa shape index (κ1) is 12.9. The van der Waals surface area contributed by atoms with Gasteiger partial charge in [-0.25, -0.2) is 0 Å². The second kappa shape index (κ2) is 5.43. The smallest absolute Gasteiger partial charge is 0.271 e. The Morgan fingerprint density at radius 1 is 1.47 bits per heavy atom. The van der Waals surface area contributed by atoms with Crippen LogP contribution >= 0.6 is 0 Å². The lowest BCUT2D eigenvalue weighted by Gasteiger charge is -2.17. The minimum Gasteiger partial charge on any atom is -0.496 e. The highest BCUT2D eigenvalue weighted by atomic mass is 16.5. The average Bonchev–Trinajstić information content (AvgIpc) is 2.85. The van der Waals surface area contributed by atoms with E-state index in [1.807, 2.05) is 24.3 Å². The molecule has 2 aromatic rings. The zero-order valence-electron chi connectivity index (χ0n) is 10.9. The van der Waals surface area contributed by atoms with E-state index in [9.17, 15) is 4.79 Å². The van der Waals surface area contributed by atoms with Crippen molar-refractivity contribution in [3.8, 4) is 5.75 Å². The number of anilines is 1. The van der Waals surface area contributed by atoms with Gasteiger partial charge in [-0.2, -0.15) is 5.10 Å². The Hall–Kier alpha value is -2.50. The van der Waals surface area contributed by atoms with Crippen LogP contribution < -0.4 is 10.5 Å². The molecule has 1 aromatic heterocycles. The molecule has 100 valence electrons. The van der Waals surface area contributed by atoms with Crippen LogP contribution in [0.4, 0.5) is 5.82 Å². The fourth-order valence-electron chi connectivity index (χ4n) is 1.81. The summed E-state index contributed by atoms with van der Waals surface area (Å²) < 4.78 is 5.26. The summed E-state index contributed by atoms with van der Waals surface area (Å²) in [5.74, 6) is 0.885. The van der Waals surface area contributed by atoms with Gasteiger partial charge in [-0.1, -0.05) is 18.2 Å². The summed E-state index contributed by atoms with van der Waals surface area (Å²) >= 11 is 0. The van der Waals surface area contributed by atoms with Gasteiger partial charge in [0.25, 0.3) is 5.91 Å². The zero-order valence-corrected chi connectivity index (χ0v) is 10.9. The van der Waals surface area contributed by atoms with Crippen LogP contribution in [0.2, 0.25) is 0 Å². The largest absolute Gasteiger partial charge is 0.496 e. The van der Waals surface area contributed by atoms with Gasteiger partial charge in [-0.15, -0.1) is 0 Å². The molecular formula is C13H16N4O2. The van der Waals surface area contributed by atoms with Gasteiger partial charge < -0.3 is 15.4 Å². The summed E-state index contributed by atoms with van der Waals surface area (Å²) in [5, 5.41) is 6.34. The number of hydrogen-bond acceptors (Lipinski definition) is 4. The Labute approximate surface area is 111 Å². The van der Waals surface area contributed by atoms with Gasteiger partial charge in [0.2, 0.25) is 0 Å². The van der Waals surface area contributed by atoms with E-state index in [4.69, 9.17) is 10.5 Å². The first-order valence-electron chi connectivity index (χ1n) is 5.80. The van der Waals surface area contributed by atoms with Crippen molar-refractivity contribution in [2.75, 3.05) is 19.9 Å². The van der Waals surface area contributed by atoms with E-state index in [0.717, 1.165) is 11.3 Å². The maximum Gasteiger partial charge on any atom is 0.271 e. The number of carbonyl (C=O) groups excluding carboxylic acids is 1. The number of H-pyrrole nitrogens is 1. The molecule has 0 saturated heterocycles. The molecule has 1 amide bonds. The van der Waals surface area contributed by atoms with Gasteiger partial charge in [0.1, 0.15) is 17.3 Å². The van der Waals surface area contributed by atoms with Crippen LogP contribution in [0, 0.1) is 0 Å². The first-order chi connectivity index (χ1) is 9.11. The molecule has 0 unspecified atom stereocenters. The number of carbonyl (C=O) groups is 1. The first-order valence-corrected chi connectivity index (χ1v) is 5.80. The highest BCUT2D eigenvalue weighted by Crippen LogP contribution is 2.19. The third kappa shape index (κ3) is 2.85. The zero-order chi connectivity index (χ0) is 13.8. The van der Waals surface area contributed by atoms with Crippen molar-refractivity contribution in [1.82, 2.24) is 15.1 Å². The molecule has 0 saturated carbocycles. The second-order valence-electron chi connectivity index (χ2n) is 4.18. The van der Waals surface area contributed by atoms with E-state index >= 15 is 0 Å². The van der Waals surface area contributed by atoms with Crippen molar-refractivity contribution in [2.45, 2.75) is 6.54 Å². The van der Waals surface area contributed by atoms with Crippen LogP contribution in [0.3, 0.4) is 0 Å². The number of aromatic amines is 1. The summed E-state index contributed by atoms with van der Waals surface area (Å²) in [6, 6.07) is 9.09. The summed E-state index contributed by atoms with van der Waals surface area (Å²) in [7, 11) is 3.32. The Bertz CT molecular complexity index is 580. The number of benzene rings is 1. The molecular weight excluding hydrogens is 244 g/mol. The van der Waals surface area contributed by atoms with Crippen molar-refractivity contribution in [1.29, 1.82) is 0 Å². The molecule has 0 radical (unpaired) electrons. The normalized spacial score (nSPS) is 10.2. The second-order valence-corrected chi connectivity index (χ2v) is 4.18. The highest BCUT2D eigenvalue weighted by Gasteiger charge is 2.15. The van der Waals surface area contributed by atoms with E-state index < -0.39 is 0 Å². The quantitative estimate of drug-likeness (QED) is 0.867. The highest BCUT2D eigenvalue weighted by molar-refractivity contribution is 5.92. The van der Waals surface area contributed by atoms with Crippen molar-refractivity contribution in [2.24, 2.45) is 0 Å². The number of para-hydroxylation sites is 1. The summed E-state index contributed by atoms with van der Waals surface area (Å²) in [4.78, 5) is 13.7. The van der Waals surface area contributed by atoms with Gasteiger partial charge in [0, 0.05) is 25.2 Å². The number of nitrogens with zero attached hydrogens (tertiary/aromatic N) is 2. The molecule has 1 heterocycles. The van der Waals surface area contributed by atoms with Gasteiger partial charge >= 0.3 is 0 Å². The SMILES string of the molecule is COc1ccccc1CN(C)C(=O)c1cc(N)n[nH]1. The van der Waals surface area contributed by atoms with Crippen molar-refractivity contribution in [3.63, 3.8) is 0 Å². The monoisotopic (exact) mass is 260 g/mol. The molecule has 2 rings (SSSR count). The standard InChI is InChI=1S/C13H16N4O2/c1-17(13(18)10-7-12(14)16-15-10)8-9-5-3-4-6-11(9)19-2/h3-7H,8H2,1-2H3,(H3,14,15,16). The van der Waals surface area contributed by atoms with Crippen LogP contribution in [0.5, 0.6) is 5.75 Å². The fraction of sp³-hybridized carbons (Fsp3) is 0.231. The number of nitrogen functional groups attached to an aromatic ring is 1. The van der Waals surface area contributed by atoms with E-state index in [1.165, 1.54) is 6.07 Å². The molecule has 19 heavy (non-hydrogen) atoms. The number of nitrogens with one attached hydrogen (secondary N) is 1. The van der Waals surface area contributed by atoms with Crippen molar-refractivity contribution in [3.05, 3.63) is 41.6 Å². The number of ether oxygens (including phenoxy) is 1. The number of methoxy groups -OCH3 is 1. The van der Waals surface area contributed by atoms with E-state index in [-0.39, 0.29) is 5.91 Å². The predicted octanol–water partition coefficient (Wildman–Crippen LogP) is 1.27. The minimum absolute atomic E-state index is 0.171. The van der Waals surface area contributed by atoms with E-state index in [0.29, 0.717) is 18.1 Å².